The first-order valence-electron chi connectivity index (χ1n) is 2.82. The monoisotopic (exact) mass is 108 g/mol. The van der Waals surface area contributed by atoms with Crippen LogP contribution in [-0.2, 0) is 13.1 Å². The molecule has 2 nitrogen and oxygen atoms in total. The molecule has 1 aliphatic rings. The molecule has 0 bridgehead atoms. The Labute approximate surface area is 47.9 Å². The van der Waals surface area contributed by atoms with Crippen molar-refractivity contribution in [2.75, 3.05) is 0 Å². The van der Waals surface area contributed by atoms with Crippen molar-refractivity contribution in [1.29, 1.82) is 0 Å². The van der Waals surface area contributed by atoms with Gasteiger partial charge in [0.15, 0.2) is 0 Å². The van der Waals surface area contributed by atoms with Crippen LogP contribution in [0, 0.1) is 0 Å². The summed E-state index contributed by atoms with van der Waals surface area (Å²) >= 11 is 0. The van der Waals surface area contributed by atoms with E-state index in [0.29, 0.717) is 0 Å². The summed E-state index contributed by atoms with van der Waals surface area (Å²) in [4.78, 5) is 3.16. The number of nitrogens with one attached hydrogen (secondary N) is 2. The van der Waals surface area contributed by atoms with Gasteiger partial charge in [0.1, 0.15) is 0 Å². The van der Waals surface area contributed by atoms with Crippen molar-refractivity contribution < 1.29 is 0 Å². The normalized spacial score (nSPS) is 16.5. The molecule has 0 saturated heterocycles. The van der Waals surface area contributed by atoms with Crippen LogP contribution in [0.25, 0.3) is 0 Å². The van der Waals surface area contributed by atoms with Crippen molar-refractivity contribution in [3.8, 4) is 0 Å². The summed E-state index contributed by atoms with van der Waals surface area (Å²) in [6.07, 6.45) is 1.99. The van der Waals surface area contributed by atoms with Crippen LogP contribution in [0.4, 0.5) is 0 Å². The van der Waals surface area contributed by atoms with Crippen LogP contribution in [-0.4, -0.2) is 4.98 Å². The lowest BCUT2D eigenvalue weighted by Gasteiger charge is -1.82. The van der Waals surface area contributed by atoms with Crippen molar-refractivity contribution in [1.82, 2.24) is 10.3 Å². The van der Waals surface area contributed by atoms with Crippen molar-refractivity contribution in [2.45, 2.75) is 13.1 Å². The summed E-state index contributed by atoms with van der Waals surface area (Å²) in [5.74, 6) is 0. The first kappa shape index (κ1) is 4.15. The maximum absolute atomic E-state index is 3.24. The second-order valence-corrected chi connectivity index (χ2v) is 2.09. The van der Waals surface area contributed by atoms with Gasteiger partial charge in [0.2, 0.25) is 0 Å². The number of H-pyrrole nitrogens is 1. The Kier molecular flexibility index (Phi) is 0.704. The molecule has 2 heteroatoms. The molecule has 2 rings (SSSR count). The fraction of sp³-hybridized carbons (Fsp3) is 0.333. The Hall–Kier alpha value is -0.760. The molecule has 0 spiro atoms. The highest BCUT2D eigenvalue weighted by Crippen LogP contribution is 2.10. The minimum Gasteiger partial charge on any atom is -0.364 e. The highest BCUT2D eigenvalue weighted by molar-refractivity contribution is 5.23. The largest absolute Gasteiger partial charge is 0.364 e. The van der Waals surface area contributed by atoms with Crippen LogP contribution >= 0.6 is 0 Å². The van der Waals surface area contributed by atoms with Gasteiger partial charge in [-0.05, 0) is 11.6 Å². The number of fused-ring (bicyclic) bond motifs is 1. The van der Waals surface area contributed by atoms with Crippen LogP contribution in [0.1, 0.15) is 11.3 Å². The van der Waals surface area contributed by atoms with Gasteiger partial charge in [-0.1, -0.05) is 0 Å². The zero-order valence-corrected chi connectivity index (χ0v) is 4.57. The van der Waals surface area contributed by atoms with Gasteiger partial charge < -0.3 is 10.3 Å². The third-order valence-corrected chi connectivity index (χ3v) is 1.55. The molecule has 0 aliphatic carbocycles. The number of rotatable bonds is 0. The Bertz CT molecular complexity index is 172. The molecule has 2 N–H and O–H groups in total. The number of hydrogen-bond donors (Lipinski definition) is 2. The second kappa shape index (κ2) is 1.36. The molecular weight excluding hydrogens is 100 g/mol. The molecule has 0 aromatic carbocycles. The molecule has 8 heavy (non-hydrogen) atoms. The standard InChI is InChI=1S/C6H8N2/c1-2-8-6-4-7-3-5(1)6/h1-2,7-8H,3-4H2. The van der Waals surface area contributed by atoms with E-state index in [1.54, 1.807) is 0 Å². The smallest absolute Gasteiger partial charge is 0.0363 e. The van der Waals surface area contributed by atoms with E-state index in [2.05, 4.69) is 16.4 Å². The van der Waals surface area contributed by atoms with E-state index in [4.69, 9.17) is 0 Å². The number of hydrogen-bond acceptors (Lipinski definition) is 1. The molecule has 0 radical (unpaired) electrons. The van der Waals surface area contributed by atoms with Crippen LogP contribution in [0.15, 0.2) is 12.3 Å². The fourth-order valence-corrected chi connectivity index (χ4v) is 1.09. The van der Waals surface area contributed by atoms with Gasteiger partial charge in [-0.15, -0.1) is 0 Å². The van der Waals surface area contributed by atoms with Crippen LogP contribution in [0.5, 0.6) is 0 Å². The van der Waals surface area contributed by atoms with Crippen LogP contribution < -0.4 is 5.32 Å². The summed E-state index contributed by atoms with van der Waals surface area (Å²) in [6.45, 7) is 2.06. The quantitative estimate of drug-likeness (QED) is 0.501. The average Bonchev–Trinajstić information content (AvgIpc) is 2.15. The van der Waals surface area contributed by atoms with E-state index in [1.807, 2.05) is 6.20 Å². The van der Waals surface area contributed by atoms with Crippen molar-refractivity contribution in [3.05, 3.63) is 23.5 Å². The van der Waals surface area contributed by atoms with Gasteiger partial charge in [-0.2, -0.15) is 0 Å². The Morgan fingerprint density at radius 2 is 2.38 bits per heavy atom. The Balaban J connectivity index is 2.54. The highest BCUT2D eigenvalue weighted by Gasteiger charge is 2.08. The van der Waals surface area contributed by atoms with Gasteiger partial charge >= 0.3 is 0 Å². The first-order valence-corrected chi connectivity index (χ1v) is 2.82. The van der Waals surface area contributed by atoms with Gasteiger partial charge in [0, 0.05) is 25.0 Å². The summed E-state index contributed by atoms with van der Waals surface area (Å²) in [5, 5.41) is 3.24. The summed E-state index contributed by atoms with van der Waals surface area (Å²) in [5.41, 5.74) is 2.77. The molecule has 42 valence electrons. The van der Waals surface area contributed by atoms with Crippen molar-refractivity contribution >= 4 is 0 Å². The molecule has 1 aliphatic heterocycles. The maximum atomic E-state index is 3.24. The predicted molar refractivity (Wildman–Crippen MR) is 31.3 cm³/mol. The Morgan fingerprint density at radius 3 is 3.25 bits per heavy atom. The molecule has 2 heterocycles. The number of aromatic amines is 1. The molecule has 1 aromatic heterocycles. The van der Waals surface area contributed by atoms with Crippen LogP contribution in [0.2, 0.25) is 0 Å². The van der Waals surface area contributed by atoms with E-state index in [-0.39, 0.29) is 0 Å². The second-order valence-electron chi connectivity index (χ2n) is 2.09. The zero-order valence-electron chi connectivity index (χ0n) is 4.57. The molecular formula is C6H8N2. The Morgan fingerprint density at radius 1 is 1.38 bits per heavy atom. The zero-order chi connectivity index (χ0) is 5.40. The lowest BCUT2D eigenvalue weighted by Crippen LogP contribution is -2.01. The van der Waals surface area contributed by atoms with E-state index in [0.717, 1.165) is 13.1 Å². The van der Waals surface area contributed by atoms with E-state index < -0.39 is 0 Å². The van der Waals surface area contributed by atoms with Gasteiger partial charge in [0.25, 0.3) is 0 Å². The van der Waals surface area contributed by atoms with E-state index in [1.165, 1.54) is 11.3 Å². The molecule has 1 aromatic rings. The summed E-state index contributed by atoms with van der Waals surface area (Å²) < 4.78 is 0. The highest BCUT2D eigenvalue weighted by atomic mass is 14.9. The van der Waals surface area contributed by atoms with E-state index >= 15 is 0 Å². The minimum atomic E-state index is 1.02. The molecule has 0 fully saturated rings. The van der Waals surface area contributed by atoms with Gasteiger partial charge in [-0.25, -0.2) is 0 Å². The van der Waals surface area contributed by atoms with Gasteiger partial charge in [-0.3, -0.25) is 0 Å². The molecule has 0 atom stereocenters. The minimum absolute atomic E-state index is 1.02. The summed E-state index contributed by atoms with van der Waals surface area (Å²) in [6, 6.07) is 2.12. The fourth-order valence-electron chi connectivity index (χ4n) is 1.09. The van der Waals surface area contributed by atoms with Crippen molar-refractivity contribution in [2.24, 2.45) is 0 Å². The molecule has 0 amide bonds. The average molecular weight is 108 g/mol. The summed E-state index contributed by atoms with van der Waals surface area (Å²) in [7, 11) is 0. The maximum Gasteiger partial charge on any atom is 0.0363 e. The third kappa shape index (κ3) is 0.406. The third-order valence-electron chi connectivity index (χ3n) is 1.55. The molecule has 0 unspecified atom stereocenters. The lowest BCUT2D eigenvalue weighted by molar-refractivity contribution is 0.753. The topological polar surface area (TPSA) is 27.8 Å². The number of aromatic nitrogens is 1. The predicted octanol–water partition coefficient (Wildman–Crippen LogP) is 0.618. The SMILES string of the molecule is c1cc2c([nH]1)CNC2. The lowest BCUT2D eigenvalue weighted by atomic mass is 10.3. The van der Waals surface area contributed by atoms with Gasteiger partial charge in [0.05, 0.1) is 0 Å². The van der Waals surface area contributed by atoms with Crippen molar-refractivity contribution in [3.63, 3.8) is 0 Å². The van der Waals surface area contributed by atoms with Crippen LogP contribution in [0.3, 0.4) is 0 Å². The first-order chi connectivity index (χ1) is 3.97. The van der Waals surface area contributed by atoms with E-state index in [9.17, 15) is 0 Å². The molecule has 0 saturated carbocycles.